The number of hydrogen-bond donors (Lipinski definition) is 0. The Morgan fingerprint density at radius 2 is 2.00 bits per heavy atom. The third-order valence-corrected chi connectivity index (χ3v) is 3.68. The molecule has 3 aromatic rings. The van der Waals surface area contributed by atoms with Crippen molar-refractivity contribution in [1.82, 2.24) is 4.57 Å². The van der Waals surface area contributed by atoms with Gasteiger partial charge in [-0.2, -0.15) is 5.26 Å². The molecule has 0 N–H and O–H groups in total. The molecule has 1 aromatic heterocycles. The van der Waals surface area contributed by atoms with Gasteiger partial charge in [0, 0.05) is 5.56 Å². The maximum atomic E-state index is 9.16. The summed E-state index contributed by atoms with van der Waals surface area (Å²) >= 11 is 0. The highest BCUT2D eigenvalue weighted by Gasteiger charge is 2.08. The van der Waals surface area contributed by atoms with Crippen LogP contribution in [0.15, 0.2) is 67.3 Å². The van der Waals surface area contributed by atoms with Crippen molar-refractivity contribution >= 4 is 0 Å². The molecule has 22 heavy (non-hydrogen) atoms. The molecule has 3 rings (SSSR count). The molecule has 3 nitrogen and oxygen atoms in total. The van der Waals surface area contributed by atoms with Crippen LogP contribution in [-0.4, -0.2) is 4.57 Å². The van der Waals surface area contributed by atoms with Crippen LogP contribution in [0.3, 0.4) is 0 Å². The first kappa shape index (κ1) is 14.1. The standard InChI is InChI=1S/C19H18N3/c1-16-5-4-6-17(11-16)13-21-9-10-22(15-21)14-19-8-3-2-7-18(19)12-20/h2-11,15H,13-14H2,1H3/q+1. The van der Waals surface area contributed by atoms with E-state index in [1.807, 2.05) is 30.5 Å². The lowest BCUT2D eigenvalue weighted by atomic mass is 10.1. The van der Waals surface area contributed by atoms with Crippen molar-refractivity contribution in [2.24, 2.45) is 0 Å². The summed E-state index contributed by atoms with van der Waals surface area (Å²) < 4.78 is 4.26. The minimum atomic E-state index is 0.713. The Balaban J connectivity index is 1.75. The van der Waals surface area contributed by atoms with E-state index in [2.05, 4.69) is 58.9 Å². The zero-order valence-corrected chi connectivity index (χ0v) is 12.6. The molecule has 0 atom stereocenters. The van der Waals surface area contributed by atoms with Crippen LogP contribution in [0.1, 0.15) is 22.3 Å². The molecule has 1 heterocycles. The van der Waals surface area contributed by atoms with Crippen LogP contribution < -0.4 is 4.57 Å². The molecule has 0 aliphatic heterocycles. The second-order valence-electron chi connectivity index (χ2n) is 5.52. The third-order valence-electron chi connectivity index (χ3n) is 3.68. The van der Waals surface area contributed by atoms with E-state index < -0.39 is 0 Å². The normalized spacial score (nSPS) is 10.4. The molecule has 2 aromatic carbocycles. The fourth-order valence-electron chi connectivity index (χ4n) is 2.61. The fourth-order valence-corrected chi connectivity index (χ4v) is 2.61. The summed E-state index contributed by atoms with van der Waals surface area (Å²) in [5, 5.41) is 9.16. The SMILES string of the molecule is Cc1cccc(C[n+]2ccn(Cc3ccccc3C#N)c2)c1. The summed E-state index contributed by atoms with van der Waals surface area (Å²) in [7, 11) is 0. The summed E-state index contributed by atoms with van der Waals surface area (Å²) in [6.07, 6.45) is 6.19. The first-order chi connectivity index (χ1) is 10.7. The van der Waals surface area contributed by atoms with Gasteiger partial charge in [0.05, 0.1) is 11.6 Å². The maximum absolute atomic E-state index is 9.16. The van der Waals surface area contributed by atoms with Crippen molar-refractivity contribution in [1.29, 1.82) is 5.26 Å². The van der Waals surface area contributed by atoms with Crippen molar-refractivity contribution in [3.8, 4) is 6.07 Å². The molecule has 0 saturated heterocycles. The Morgan fingerprint density at radius 3 is 2.82 bits per heavy atom. The van der Waals surface area contributed by atoms with Gasteiger partial charge in [0.2, 0.25) is 6.33 Å². The van der Waals surface area contributed by atoms with Crippen molar-refractivity contribution in [2.75, 3.05) is 0 Å². The Labute approximate surface area is 130 Å². The maximum Gasteiger partial charge on any atom is 0.244 e. The monoisotopic (exact) mass is 288 g/mol. The Morgan fingerprint density at radius 1 is 1.14 bits per heavy atom. The van der Waals surface area contributed by atoms with E-state index in [0.29, 0.717) is 6.54 Å². The number of benzene rings is 2. The van der Waals surface area contributed by atoms with Gasteiger partial charge in [0.15, 0.2) is 0 Å². The van der Waals surface area contributed by atoms with Crippen molar-refractivity contribution in [3.63, 3.8) is 0 Å². The largest absolute Gasteiger partial charge is 0.244 e. The Bertz CT molecular complexity index is 824. The predicted octanol–water partition coefficient (Wildman–Crippen LogP) is 3.05. The van der Waals surface area contributed by atoms with E-state index in [-0.39, 0.29) is 0 Å². The molecular formula is C19H18N3+. The van der Waals surface area contributed by atoms with E-state index in [0.717, 1.165) is 17.7 Å². The number of aromatic nitrogens is 2. The number of nitriles is 1. The molecule has 3 heteroatoms. The molecule has 0 fully saturated rings. The average molecular weight is 288 g/mol. The van der Waals surface area contributed by atoms with Crippen LogP contribution in [0.2, 0.25) is 0 Å². The van der Waals surface area contributed by atoms with E-state index in [9.17, 15) is 0 Å². The van der Waals surface area contributed by atoms with Crippen molar-refractivity contribution in [3.05, 3.63) is 89.5 Å². The quantitative estimate of drug-likeness (QED) is 0.679. The number of nitrogens with zero attached hydrogens (tertiary/aromatic N) is 3. The van der Waals surface area contributed by atoms with Gasteiger partial charge in [0.1, 0.15) is 25.5 Å². The lowest BCUT2D eigenvalue weighted by Gasteiger charge is -2.01. The number of rotatable bonds is 4. The third kappa shape index (κ3) is 3.24. The minimum Gasteiger partial charge on any atom is -0.233 e. The summed E-state index contributed by atoms with van der Waals surface area (Å²) in [6, 6.07) is 18.5. The van der Waals surface area contributed by atoms with Crippen LogP contribution in [0.5, 0.6) is 0 Å². The number of hydrogen-bond acceptors (Lipinski definition) is 1. The Kier molecular flexibility index (Phi) is 4.02. The molecule has 108 valence electrons. The van der Waals surface area contributed by atoms with Gasteiger partial charge < -0.3 is 0 Å². The zero-order chi connectivity index (χ0) is 15.4. The second-order valence-corrected chi connectivity index (χ2v) is 5.52. The van der Waals surface area contributed by atoms with Crippen LogP contribution in [-0.2, 0) is 13.1 Å². The predicted molar refractivity (Wildman–Crippen MR) is 85.2 cm³/mol. The minimum absolute atomic E-state index is 0.713. The lowest BCUT2D eigenvalue weighted by Crippen LogP contribution is -2.31. The highest BCUT2D eigenvalue weighted by molar-refractivity contribution is 5.37. The second kappa shape index (κ2) is 6.28. The van der Waals surface area contributed by atoms with Gasteiger partial charge in [-0.1, -0.05) is 48.0 Å². The van der Waals surface area contributed by atoms with Crippen molar-refractivity contribution in [2.45, 2.75) is 20.0 Å². The zero-order valence-electron chi connectivity index (χ0n) is 12.6. The molecule has 0 amide bonds. The van der Waals surface area contributed by atoms with Crippen LogP contribution in [0.25, 0.3) is 0 Å². The highest BCUT2D eigenvalue weighted by Crippen LogP contribution is 2.09. The van der Waals surface area contributed by atoms with Gasteiger partial charge >= 0.3 is 0 Å². The molecule has 0 radical (unpaired) electrons. The van der Waals surface area contributed by atoms with Crippen molar-refractivity contribution < 1.29 is 4.57 Å². The van der Waals surface area contributed by atoms with E-state index >= 15 is 0 Å². The van der Waals surface area contributed by atoms with E-state index in [4.69, 9.17) is 5.26 Å². The van der Waals surface area contributed by atoms with Gasteiger partial charge in [-0.25, -0.2) is 9.13 Å². The van der Waals surface area contributed by atoms with Gasteiger partial charge in [-0.15, -0.1) is 0 Å². The lowest BCUT2D eigenvalue weighted by molar-refractivity contribution is -0.687. The fraction of sp³-hybridized carbons (Fsp3) is 0.158. The molecule has 0 unspecified atom stereocenters. The first-order valence-corrected chi connectivity index (χ1v) is 7.33. The summed E-state index contributed by atoms with van der Waals surface area (Å²) in [5.41, 5.74) is 4.35. The molecule has 0 saturated carbocycles. The van der Waals surface area contributed by atoms with Crippen LogP contribution in [0.4, 0.5) is 0 Å². The molecule has 0 aliphatic carbocycles. The van der Waals surface area contributed by atoms with Crippen LogP contribution >= 0.6 is 0 Å². The average Bonchev–Trinajstić information content (AvgIpc) is 2.95. The van der Waals surface area contributed by atoms with E-state index in [1.165, 1.54) is 11.1 Å². The smallest absolute Gasteiger partial charge is 0.233 e. The number of imidazole rings is 1. The summed E-state index contributed by atoms with van der Waals surface area (Å²) in [6.45, 7) is 3.68. The highest BCUT2D eigenvalue weighted by atomic mass is 15.1. The molecule has 0 spiro atoms. The topological polar surface area (TPSA) is 32.6 Å². The van der Waals surface area contributed by atoms with E-state index in [1.54, 1.807) is 0 Å². The van der Waals surface area contributed by atoms with Crippen LogP contribution in [0, 0.1) is 18.3 Å². The first-order valence-electron chi connectivity index (χ1n) is 7.33. The number of aryl methyl sites for hydroxylation is 1. The molecular weight excluding hydrogens is 270 g/mol. The summed E-state index contributed by atoms with van der Waals surface area (Å²) in [4.78, 5) is 0. The Hall–Kier alpha value is -2.86. The molecule has 0 aliphatic rings. The van der Waals surface area contributed by atoms with Gasteiger partial charge in [0.25, 0.3) is 0 Å². The van der Waals surface area contributed by atoms with Gasteiger partial charge in [-0.05, 0) is 18.6 Å². The van der Waals surface area contributed by atoms with Gasteiger partial charge in [-0.3, -0.25) is 0 Å². The molecule has 0 bridgehead atoms. The summed E-state index contributed by atoms with van der Waals surface area (Å²) in [5.74, 6) is 0.